The maximum Gasteiger partial charge on any atom is 0.243 e. The Hall–Kier alpha value is -3.43. The van der Waals surface area contributed by atoms with Crippen LogP contribution in [-0.2, 0) is 32.6 Å². The van der Waals surface area contributed by atoms with Crippen LogP contribution < -0.4 is 9.62 Å². The van der Waals surface area contributed by atoms with Crippen molar-refractivity contribution in [1.29, 1.82) is 0 Å². The van der Waals surface area contributed by atoms with Gasteiger partial charge in [-0.2, -0.15) is 0 Å². The zero-order valence-electron chi connectivity index (χ0n) is 23.6. The molecule has 0 bridgehead atoms. The van der Waals surface area contributed by atoms with E-state index in [1.807, 2.05) is 50.2 Å². The molecule has 0 aliphatic heterocycles. The summed E-state index contributed by atoms with van der Waals surface area (Å²) >= 11 is 6.23. The topological polar surface area (TPSA) is 86.8 Å². The van der Waals surface area contributed by atoms with E-state index in [9.17, 15) is 22.4 Å². The number of anilines is 1. The van der Waals surface area contributed by atoms with Crippen molar-refractivity contribution in [3.63, 3.8) is 0 Å². The summed E-state index contributed by atoms with van der Waals surface area (Å²) in [5, 5.41) is 3.54. The highest BCUT2D eigenvalue weighted by Gasteiger charge is 2.31. The van der Waals surface area contributed by atoms with Crippen LogP contribution in [0.2, 0.25) is 5.02 Å². The molecular weight excluding hydrogens is 565 g/mol. The summed E-state index contributed by atoms with van der Waals surface area (Å²) in [6, 6.07) is 20.9. The Morgan fingerprint density at radius 3 is 2.24 bits per heavy atom. The fourth-order valence-electron chi connectivity index (χ4n) is 4.44. The number of sulfonamides is 1. The van der Waals surface area contributed by atoms with Crippen molar-refractivity contribution in [2.45, 2.75) is 58.2 Å². The number of carbonyl (C=O) groups excluding carboxylic acids is 2. The highest BCUT2D eigenvalue weighted by atomic mass is 35.5. The molecule has 3 aromatic carbocycles. The Kier molecular flexibility index (Phi) is 11.7. The van der Waals surface area contributed by atoms with E-state index < -0.39 is 21.9 Å². The molecule has 220 valence electrons. The zero-order chi connectivity index (χ0) is 30.0. The smallest absolute Gasteiger partial charge is 0.243 e. The minimum absolute atomic E-state index is 0.00428. The number of rotatable bonds is 14. The molecule has 0 heterocycles. The van der Waals surface area contributed by atoms with E-state index in [2.05, 4.69) is 5.32 Å². The Balaban J connectivity index is 1.89. The number of amides is 2. The van der Waals surface area contributed by atoms with E-state index in [0.29, 0.717) is 17.1 Å². The summed E-state index contributed by atoms with van der Waals surface area (Å²) in [7, 11) is -3.68. The van der Waals surface area contributed by atoms with Crippen LogP contribution in [0.3, 0.4) is 0 Å². The van der Waals surface area contributed by atoms with Gasteiger partial charge in [-0.1, -0.05) is 61.0 Å². The molecule has 0 aromatic heterocycles. The molecular formula is C31H37ClFN3O4S. The van der Waals surface area contributed by atoms with E-state index >= 15 is 0 Å². The Morgan fingerprint density at radius 1 is 0.976 bits per heavy atom. The first kappa shape index (κ1) is 32.1. The lowest BCUT2D eigenvalue weighted by Gasteiger charge is -2.32. The summed E-state index contributed by atoms with van der Waals surface area (Å²) in [4.78, 5) is 29.0. The SMILES string of the molecule is CC[C@@H](C)NC(=O)[C@@H](Cc1ccccc1)N(Cc1cccc(Cl)c1)C(=O)CCCN(c1ccc(F)cc1)S(C)(=O)=O. The average molecular weight is 602 g/mol. The van der Waals surface area contributed by atoms with Crippen molar-refractivity contribution in [3.05, 3.63) is 101 Å². The first-order valence-corrected chi connectivity index (χ1v) is 15.8. The molecule has 2 amide bonds. The van der Waals surface area contributed by atoms with Crippen molar-refractivity contribution < 1.29 is 22.4 Å². The molecule has 3 rings (SSSR count). The van der Waals surface area contributed by atoms with Crippen LogP contribution in [0.5, 0.6) is 0 Å². The lowest BCUT2D eigenvalue weighted by atomic mass is 10.0. The Labute approximate surface area is 247 Å². The predicted octanol–water partition coefficient (Wildman–Crippen LogP) is 5.58. The largest absolute Gasteiger partial charge is 0.352 e. The van der Waals surface area contributed by atoms with Crippen LogP contribution in [-0.4, -0.2) is 50.0 Å². The van der Waals surface area contributed by atoms with E-state index in [4.69, 9.17) is 11.6 Å². The lowest BCUT2D eigenvalue weighted by Crippen LogP contribution is -2.52. The second-order valence-electron chi connectivity index (χ2n) is 10.1. The molecule has 0 aliphatic rings. The van der Waals surface area contributed by atoms with Gasteiger partial charge in [-0.3, -0.25) is 13.9 Å². The van der Waals surface area contributed by atoms with Gasteiger partial charge in [0.05, 0.1) is 11.9 Å². The average Bonchev–Trinajstić information content (AvgIpc) is 2.93. The van der Waals surface area contributed by atoms with E-state index in [-0.39, 0.29) is 43.8 Å². The number of hydrogen-bond donors (Lipinski definition) is 1. The molecule has 0 saturated carbocycles. The summed E-state index contributed by atoms with van der Waals surface area (Å²) in [6.45, 7) is 4.05. The first-order valence-electron chi connectivity index (χ1n) is 13.6. The van der Waals surface area contributed by atoms with E-state index in [0.717, 1.165) is 28.1 Å². The predicted molar refractivity (Wildman–Crippen MR) is 162 cm³/mol. The third kappa shape index (κ3) is 9.86. The Morgan fingerprint density at radius 2 is 1.63 bits per heavy atom. The fraction of sp³-hybridized carbons (Fsp3) is 0.355. The van der Waals surface area contributed by atoms with Gasteiger partial charge in [0.25, 0.3) is 0 Å². The second kappa shape index (κ2) is 15.0. The van der Waals surface area contributed by atoms with Crippen molar-refractivity contribution in [1.82, 2.24) is 10.2 Å². The van der Waals surface area contributed by atoms with Crippen LogP contribution >= 0.6 is 11.6 Å². The summed E-state index contributed by atoms with van der Waals surface area (Å²) in [5.41, 5.74) is 1.98. The number of nitrogens with one attached hydrogen (secondary N) is 1. The number of halogens is 2. The minimum Gasteiger partial charge on any atom is -0.352 e. The van der Waals surface area contributed by atoms with Crippen LogP contribution in [0.25, 0.3) is 0 Å². The summed E-state index contributed by atoms with van der Waals surface area (Å²) < 4.78 is 39.6. The molecule has 3 aromatic rings. The number of nitrogens with zero attached hydrogens (tertiary/aromatic N) is 2. The van der Waals surface area contributed by atoms with Gasteiger partial charge in [0, 0.05) is 37.0 Å². The van der Waals surface area contributed by atoms with Gasteiger partial charge in [-0.05, 0) is 67.3 Å². The maximum atomic E-state index is 13.8. The van der Waals surface area contributed by atoms with Gasteiger partial charge in [0.1, 0.15) is 11.9 Å². The van der Waals surface area contributed by atoms with Crippen molar-refractivity contribution in [2.24, 2.45) is 0 Å². The third-order valence-corrected chi connectivity index (χ3v) is 8.21. The van der Waals surface area contributed by atoms with E-state index in [1.165, 1.54) is 24.3 Å². The summed E-state index contributed by atoms with van der Waals surface area (Å²) in [6.07, 6.45) is 2.30. The number of benzene rings is 3. The maximum absolute atomic E-state index is 13.8. The van der Waals surface area contributed by atoms with Gasteiger partial charge >= 0.3 is 0 Å². The summed E-state index contributed by atoms with van der Waals surface area (Å²) in [5.74, 6) is -1.03. The van der Waals surface area contributed by atoms with Crippen LogP contribution in [0.1, 0.15) is 44.2 Å². The molecule has 0 aliphatic carbocycles. The molecule has 0 saturated heterocycles. The molecule has 2 atom stereocenters. The zero-order valence-corrected chi connectivity index (χ0v) is 25.2. The number of hydrogen-bond acceptors (Lipinski definition) is 4. The molecule has 41 heavy (non-hydrogen) atoms. The fourth-order valence-corrected chi connectivity index (χ4v) is 5.62. The van der Waals surface area contributed by atoms with Crippen LogP contribution in [0.15, 0.2) is 78.9 Å². The van der Waals surface area contributed by atoms with Crippen molar-refractivity contribution in [3.8, 4) is 0 Å². The molecule has 0 fully saturated rings. The highest BCUT2D eigenvalue weighted by molar-refractivity contribution is 7.92. The molecule has 1 N–H and O–H groups in total. The van der Waals surface area contributed by atoms with Crippen LogP contribution in [0.4, 0.5) is 10.1 Å². The molecule has 0 radical (unpaired) electrons. The minimum atomic E-state index is -3.68. The van der Waals surface area contributed by atoms with Crippen molar-refractivity contribution in [2.75, 3.05) is 17.1 Å². The molecule has 0 unspecified atom stereocenters. The Bertz CT molecular complexity index is 1400. The van der Waals surface area contributed by atoms with Gasteiger partial charge in [0.15, 0.2) is 0 Å². The van der Waals surface area contributed by atoms with Gasteiger partial charge in [0.2, 0.25) is 21.8 Å². The van der Waals surface area contributed by atoms with Crippen molar-refractivity contribution >= 4 is 39.1 Å². The lowest BCUT2D eigenvalue weighted by molar-refractivity contribution is -0.141. The first-order chi connectivity index (χ1) is 19.5. The van der Waals surface area contributed by atoms with E-state index in [1.54, 1.807) is 23.1 Å². The number of carbonyl (C=O) groups is 2. The van der Waals surface area contributed by atoms with Gasteiger partial charge < -0.3 is 10.2 Å². The van der Waals surface area contributed by atoms with Gasteiger partial charge in [-0.25, -0.2) is 12.8 Å². The standard InChI is InChI=1S/C31H37ClFN3O4S/c1-4-23(2)34-31(38)29(21-24-10-6-5-7-11-24)35(22-25-12-8-13-26(32)20-25)30(37)14-9-19-36(41(3,39)40)28-17-15-27(33)16-18-28/h5-8,10-13,15-18,20,23,29H,4,9,14,19,21-22H2,1-3H3,(H,34,38)/t23-,29-/m1/s1. The highest BCUT2D eigenvalue weighted by Crippen LogP contribution is 2.21. The molecule has 10 heteroatoms. The normalized spacial score (nSPS) is 12.8. The van der Waals surface area contributed by atoms with Gasteiger partial charge in [-0.15, -0.1) is 0 Å². The molecule has 7 nitrogen and oxygen atoms in total. The van der Waals surface area contributed by atoms with Crippen LogP contribution in [0, 0.1) is 5.82 Å². The quantitative estimate of drug-likeness (QED) is 0.261. The monoisotopic (exact) mass is 601 g/mol. The second-order valence-corrected chi connectivity index (χ2v) is 12.4. The molecule has 0 spiro atoms. The third-order valence-electron chi connectivity index (χ3n) is 6.78.